The van der Waals surface area contributed by atoms with E-state index >= 15 is 0 Å². The van der Waals surface area contributed by atoms with E-state index in [9.17, 15) is 4.79 Å². The number of hydrogen-bond acceptors (Lipinski definition) is 2. The van der Waals surface area contributed by atoms with Gasteiger partial charge in [-0.2, -0.15) is 0 Å². The highest BCUT2D eigenvalue weighted by molar-refractivity contribution is 5.95. The standard InChI is InChI=1S/C18H19NO2/c1-21-17-9-5-7-15(13-17)14-6-4-8-16(12-14)18(20)19-10-2-3-11-19/h4-9,12-13H,2-3,10-11H2,1H3. The van der Waals surface area contributed by atoms with Crippen molar-refractivity contribution in [3.63, 3.8) is 0 Å². The molecule has 0 saturated carbocycles. The van der Waals surface area contributed by atoms with Crippen molar-refractivity contribution in [2.45, 2.75) is 12.8 Å². The summed E-state index contributed by atoms with van der Waals surface area (Å²) >= 11 is 0. The molecule has 0 atom stereocenters. The maximum atomic E-state index is 12.5. The van der Waals surface area contributed by atoms with Gasteiger partial charge >= 0.3 is 0 Å². The van der Waals surface area contributed by atoms with Crippen LogP contribution in [0.4, 0.5) is 0 Å². The summed E-state index contributed by atoms with van der Waals surface area (Å²) in [5.41, 5.74) is 2.86. The van der Waals surface area contributed by atoms with E-state index in [1.165, 1.54) is 0 Å². The highest BCUT2D eigenvalue weighted by Crippen LogP contribution is 2.25. The number of carbonyl (C=O) groups is 1. The number of ether oxygens (including phenoxy) is 1. The van der Waals surface area contributed by atoms with Crippen LogP contribution in [-0.4, -0.2) is 31.0 Å². The normalized spacial score (nSPS) is 14.2. The minimum absolute atomic E-state index is 0.136. The quantitative estimate of drug-likeness (QED) is 0.860. The minimum Gasteiger partial charge on any atom is -0.497 e. The van der Waals surface area contributed by atoms with Gasteiger partial charge in [-0.3, -0.25) is 4.79 Å². The molecule has 0 radical (unpaired) electrons. The molecular formula is C18H19NO2. The van der Waals surface area contributed by atoms with Gasteiger partial charge in [0.25, 0.3) is 5.91 Å². The molecule has 3 rings (SSSR count). The van der Waals surface area contributed by atoms with Gasteiger partial charge in [-0.1, -0.05) is 24.3 Å². The summed E-state index contributed by atoms with van der Waals surface area (Å²) in [6, 6.07) is 15.7. The van der Waals surface area contributed by atoms with Crippen LogP contribution in [-0.2, 0) is 0 Å². The lowest BCUT2D eigenvalue weighted by Gasteiger charge is -2.15. The van der Waals surface area contributed by atoms with Gasteiger partial charge in [0.05, 0.1) is 7.11 Å². The number of nitrogens with zero attached hydrogens (tertiary/aromatic N) is 1. The number of amides is 1. The van der Waals surface area contributed by atoms with Gasteiger partial charge in [-0.05, 0) is 48.2 Å². The van der Waals surface area contributed by atoms with E-state index in [0.717, 1.165) is 48.4 Å². The van der Waals surface area contributed by atoms with E-state index in [-0.39, 0.29) is 5.91 Å². The molecule has 2 aromatic rings. The lowest BCUT2D eigenvalue weighted by molar-refractivity contribution is 0.0793. The third-order valence-corrected chi connectivity index (χ3v) is 3.91. The Bertz CT molecular complexity index is 645. The molecule has 3 nitrogen and oxygen atoms in total. The summed E-state index contributed by atoms with van der Waals surface area (Å²) in [7, 11) is 1.66. The zero-order chi connectivity index (χ0) is 14.7. The number of carbonyl (C=O) groups excluding carboxylic acids is 1. The molecule has 1 aliphatic rings. The van der Waals surface area contributed by atoms with Crippen molar-refractivity contribution in [2.75, 3.05) is 20.2 Å². The van der Waals surface area contributed by atoms with Gasteiger partial charge in [0.2, 0.25) is 0 Å². The van der Waals surface area contributed by atoms with Crippen LogP contribution in [0.25, 0.3) is 11.1 Å². The van der Waals surface area contributed by atoms with Crippen molar-refractivity contribution in [1.29, 1.82) is 0 Å². The van der Waals surface area contributed by atoms with E-state index < -0.39 is 0 Å². The molecule has 3 heteroatoms. The zero-order valence-electron chi connectivity index (χ0n) is 12.2. The van der Waals surface area contributed by atoms with Crippen molar-refractivity contribution in [2.24, 2.45) is 0 Å². The summed E-state index contributed by atoms with van der Waals surface area (Å²) in [5.74, 6) is 0.959. The Morgan fingerprint density at radius 3 is 2.38 bits per heavy atom. The first-order valence-corrected chi connectivity index (χ1v) is 7.32. The molecule has 0 unspecified atom stereocenters. The predicted octanol–water partition coefficient (Wildman–Crippen LogP) is 3.60. The summed E-state index contributed by atoms with van der Waals surface area (Å²) in [6.45, 7) is 1.75. The highest BCUT2D eigenvalue weighted by Gasteiger charge is 2.19. The molecule has 1 saturated heterocycles. The zero-order valence-corrected chi connectivity index (χ0v) is 12.2. The van der Waals surface area contributed by atoms with Crippen molar-refractivity contribution in [3.05, 3.63) is 54.1 Å². The summed E-state index contributed by atoms with van der Waals surface area (Å²) in [6.07, 6.45) is 2.22. The minimum atomic E-state index is 0.136. The second-order valence-corrected chi connectivity index (χ2v) is 5.31. The molecule has 21 heavy (non-hydrogen) atoms. The Balaban J connectivity index is 1.90. The van der Waals surface area contributed by atoms with E-state index in [1.54, 1.807) is 7.11 Å². The molecule has 0 spiro atoms. The van der Waals surface area contributed by atoms with E-state index in [0.29, 0.717) is 0 Å². The van der Waals surface area contributed by atoms with Crippen LogP contribution < -0.4 is 4.74 Å². The van der Waals surface area contributed by atoms with Crippen molar-refractivity contribution < 1.29 is 9.53 Å². The molecule has 108 valence electrons. The third kappa shape index (κ3) is 2.92. The molecule has 1 heterocycles. The van der Waals surface area contributed by atoms with Crippen LogP contribution >= 0.6 is 0 Å². The van der Waals surface area contributed by atoms with Crippen molar-refractivity contribution in [3.8, 4) is 16.9 Å². The molecule has 0 N–H and O–H groups in total. The smallest absolute Gasteiger partial charge is 0.253 e. The van der Waals surface area contributed by atoms with Crippen LogP contribution in [0.15, 0.2) is 48.5 Å². The number of benzene rings is 2. The van der Waals surface area contributed by atoms with Gasteiger partial charge in [0.1, 0.15) is 5.75 Å². The largest absolute Gasteiger partial charge is 0.497 e. The van der Waals surface area contributed by atoms with E-state index in [4.69, 9.17) is 4.74 Å². The fraction of sp³-hybridized carbons (Fsp3) is 0.278. The average molecular weight is 281 g/mol. The first kappa shape index (κ1) is 13.7. The molecular weight excluding hydrogens is 262 g/mol. The number of rotatable bonds is 3. The van der Waals surface area contributed by atoms with Crippen molar-refractivity contribution >= 4 is 5.91 Å². The predicted molar refractivity (Wildman–Crippen MR) is 83.6 cm³/mol. The number of hydrogen-bond donors (Lipinski definition) is 0. The fourth-order valence-corrected chi connectivity index (χ4v) is 2.74. The summed E-state index contributed by atoms with van der Waals surface area (Å²) < 4.78 is 5.26. The molecule has 0 aliphatic carbocycles. The first-order valence-electron chi connectivity index (χ1n) is 7.32. The van der Waals surface area contributed by atoms with Gasteiger partial charge in [-0.25, -0.2) is 0 Å². The Labute approximate surface area is 125 Å². The van der Waals surface area contributed by atoms with Crippen LogP contribution in [0.5, 0.6) is 5.75 Å². The lowest BCUT2D eigenvalue weighted by Crippen LogP contribution is -2.27. The molecule has 2 aromatic carbocycles. The maximum Gasteiger partial charge on any atom is 0.253 e. The Morgan fingerprint density at radius 1 is 1.00 bits per heavy atom. The molecule has 1 aliphatic heterocycles. The summed E-state index contributed by atoms with van der Waals surface area (Å²) in [4.78, 5) is 14.4. The second-order valence-electron chi connectivity index (χ2n) is 5.31. The first-order chi connectivity index (χ1) is 10.3. The number of likely N-dealkylation sites (tertiary alicyclic amines) is 1. The topological polar surface area (TPSA) is 29.5 Å². The van der Waals surface area contributed by atoms with Gasteiger partial charge < -0.3 is 9.64 Å². The van der Waals surface area contributed by atoms with E-state index in [2.05, 4.69) is 0 Å². The van der Waals surface area contributed by atoms with Crippen LogP contribution in [0.2, 0.25) is 0 Å². The third-order valence-electron chi connectivity index (χ3n) is 3.91. The SMILES string of the molecule is COc1cccc(-c2cccc(C(=O)N3CCCC3)c2)c1. The highest BCUT2D eigenvalue weighted by atomic mass is 16.5. The molecule has 0 bridgehead atoms. The van der Waals surface area contributed by atoms with E-state index in [1.807, 2.05) is 53.4 Å². The van der Waals surface area contributed by atoms with Gasteiger partial charge in [0, 0.05) is 18.7 Å². The van der Waals surface area contributed by atoms with Crippen molar-refractivity contribution in [1.82, 2.24) is 4.90 Å². The Hall–Kier alpha value is -2.29. The maximum absolute atomic E-state index is 12.5. The Kier molecular flexibility index (Phi) is 3.91. The monoisotopic (exact) mass is 281 g/mol. The van der Waals surface area contributed by atoms with Crippen LogP contribution in [0.1, 0.15) is 23.2 Å². The van der Waals surface area contributed by atoms with Gasteiger partial charge in [0.15, 0.2) is 0 Å². The lowest BCUT2D eigenvalue weighted by atomic mass is 10.0. The Morgan fingerprint density at radius 2 is 1.67 bits per heavy atom. The van der Waals surface area contributed by atoms with Crippen LogP contribution in [0, 0.1) is 0 Å². The van der Waals surface area contributed by atoms with Gasteiger partial charge in [-0.15, -0.1) is 0 Å². The molecule has 0 aromatic heterocycles. The average Bonchev–Trinajstić information content (AvgIpc) is 3.09. The summed E-state index contributed by atoms with van der Waals surface area (Å²) in [5, 5.41) is 0. The molecule has 1 fully saturated rings. The molecule has 1 amide bonds. The van der Waals surface area contributed by atoms with Crippen LogP contribution in [0.3, 0.4) is 0 Å². The fourth-order valence-electron chi connectivity index (χ4n) is 2.74. The second kappa shape index (κ2) is 6.00. The number of methoxy groups -OCH3 is 1.